The lowest BCUT2D eigenvalue weighted by molar-refractivity contribution is -0.140. The Labute approximate surface area is 350 Å². The van der Waals surface area contributed by atoms with Crippen molar-refractivity contribution in [1.29, 1.82) is 0 Å². The van der Waals surface area contributed by atoms with E-state index >= 15 is 0 Å². The Morgan fingerprint density at radius 2 is 1.43 bits per heavy atom. The molecule has 3 rings (SSSR count). The van der Waals surface area contributed by atoms with Crippen molar-refractivity contribution >= 4 is 41.4 Å². The molecule has 0 aromatic rings. The molecule has 0 bridgehead atoms. The molecule has 0 spiro atoms. The van der Waals surface area contributed by atoms with E-state index in [4.69, 9.17) is 4.74 Å². The number of Topliss-reactive ketones (excluding diaryl/α,β-unsaturated/α-hetero) is 1. The first-order chi connectivity index (χ1) is 27.7. The van der Waals surface area contributed by atoms with Crippen LogP contribution in [0.4, 0.5) is 4.79 Å². The van der Waals surface area contributed by atoms with Gasteiger partial charge in [0, 0.05) is 39.5 Å². The number of ether oxygens (including phenoxy) is 1. The summed E-state index contributed by atoms with van der Waals surface area (Å²) in [4.78, 5) is 85.5. The highest BCUT2D eigenvalue weighted by Crippen LogP contribution is 2.23. The number of hydrogen-bond acceptors (Lipinski definition) is 8. The van der Waals surface area contributed by atoms with E-state index in [1.165, 1.54) is 57.4 Å². The quantitative estimate of drug-likeness (QED) is 0.0999. The first kappa shape index (κ1) is 55.9. The number of carbonyl (C=O) groups is 7. The van der Waals surface area contributed by atoms with Gasteiger partial charge in [-0.15, -0.1) is 0 Å². The van der Waals surface area contributed by atoms with Gasteiger partial charge in [0.15, 0.2) is 0 Å². The van der Waals surface area contributed by atoms with Gasteiger partial charge in [0.1, 0.15) is 11.6 Å². The fraction of sp³-hybridized carbons (Fsp3) is 0.750. The Morgan fingerprint density at radius 1 is 0.793 bits per heavy atom. The van der Waals surface area contributed by atoms with Gasteiger partial charge in [-0.1, -0.05) is 98.5 Å². The molecule has 1 saturated carbocycles. The molecule has 2 aliphatic carbocycles. The van der Waals surface area contributed by atoms with Crippen LogP contribution < -0.4 is 26.6 Å². The fourth-order valence-corrected chi connectivity index (χ4v) is 6.15. The zero-order valence-corrected chi connectivity index (χ0v) is 37.9. The third-order valence-corrected chi connectivity index (χ3v) is 9.56. The molecule has 5 N–H and O–H groups in total. The highest BCUT2D eigenvalue weighted by Gasteiger charge is 2.33. The molecule has 3 atom stereocenters. The van der Waals surface area contributed by atoms with Crippen LogP contribution in [0.25, 0.3) is 0 Å². The van der Waals surface area contributed by atoms with Crippen LogP contribution in [0.15, 0.2) is 24.3 Å². The summed E-state index contributed by atoms with van der Waals surface area (Å²) in [6, 6.07) is -1.11. The van der Waals surface area contributed by atoms with Crippen molar-refractivity contribution < 1.29 is 38.3 Å². The number of carbonyl (C=O) groups excluding carboxylic acids is 7. The lowest BCUT2D eigenvalue weighted by atomic mass is 9.89. The summed E-state index contributed by atoms with van der Waals surface area (Å²) in [7, 11) is 1.52. The van der Waals surface area contributed by atoms with Crippen molar-refractivity contribution in [1.82, 2.24) is 31.5 Å². The molecule has 334 valence electrons. The van der Waals surface area contributed by atoms with Crippen LogP contribution in [-0.2, 0) is 33.5 Å². The van der Waals surface area contributed by atoms with Gasteiger partial charge in [0.2, 0.25) is 29.4 Å². The lowest BCUT2D eigenvalue weighted by Gasteiger charge is -2.26. The summed E-state index contributed by atoms with van der Waals surface area (Å²) in [5.74, 6) is -2.77. The molecule has 3 unspecified atom stereocenters. The van der Waals surface area contributed by atoms with Gasteiger partial charge in [-0.25, -0.2) is 4.79 Å². The Balaban J connectivity index is 0. The van der Waals surface area contributed by atoms with Crippen molar-refractivity contribution in [3.8, 4) is 0 Å². The van der Waals surface area contributed by atoms with E-state index in [2.05, 4.69) is 52.6 Å². The van der Waals surface area contributed by atoms with Gasteiger partial charge < -0.3 is 36.2 Å². The molecule has 1 aliphatic heterocycles. The number of amides is 6. The van der Waals surface area contributed by atoms with Gasteiger partial charge in [0.05, 0.1) is 13.1 Å². The summed E-state index contributed by atoms with van der Waals surface area (Å²) >= 11 is 0. The lowest BCUT2D eigenvalue weighted by Crippen LogP contribution is -2.49. The van der Waals surface area contributed by atoms with E-state index < -0.39 is 48.7 Å². The Bertz CT molecular complexity index is 1280. The van der Waals surface area contributed by atoms with Gasteiger partial charge in [0.25, 0.3) is 5.91 Å². The molecule has 0 radical (unpaired) electrons. The van der Waals surface area contributed by atoms with Crippen molar-refractivity contribution in [2.75, 3.05) is 33.2 Å². The zero-order valence-electron chi connectivity index (χ0n) is 37.9. The molecule has 2 fully saturated rings. The number of nitrogens with zero attached hydrogens (tertiary/aromatic N) is 1. The number of hydrogen-bond donors (Lipinski definition) is 5. The van der Waals surface area contributed by atoms with E-state index in [0.29, 0.717) is 25.3 Å². The van der Waals surface area contributed by atoms with Gasteiger partial charge in [-0.3, -0.25) is 28.8 Å². The average molecular weight is 821 g/mol. The number of likely N-dealkylation sites (tertiary alicyclic amines) is 1. The molecular formula is C44H80N6O8. The van der Waals surface area contributed by atoms with Crippen molar-refractivity contribution in [3.63, 3.8) is 0 Å². The first-order valence-corrected chi connectivity index (χ1v) is 21.8. The third-order valence-electron chi connectivity index (χ3n) is 9.56. The number of ketones is 1. The third kappa shape index (κ3) is 25.2. The molecule has 0 aromatic heterocycles. The van der Waals surface area contributed by atoms with E-state index in [1.807, 2.05) is 60.6 Å². The monoisotopic (exact) mass is 821 g/mol. The van der Waals surface area contributed by atoms with Crippen LogP contribution >= 0.6 is 0 Å². The van der Waals surface area contributed by atoms with Crippen LogP contribution in [0.5, 0.6) is 0 Å². The Hall–Kier alpha value is -4.23. The number of nitrogens with one attached hydrogen (secondary N) is 5. The SMILES string of the molecule is CC.CC.CCC.CCC(C)(C)OC(=O)NCC1CCCCC1.CNC(=O)CC(NC(=O)CNC(=O)C(=O)CNC(=O)C1CCCN1C(C)=O)C1/C=C\C/C=C\CC1. The smallest absolute Gasteiger partial charge is 0.407 e. The molecule has 6 amide bonds. The van der Waals surface area contributed by atoms with Crippen molar-refractivity contribution in [2.24, 2.45) is 11.8 Å². The second-order valence-electron chi connectivity index (χ2n) is 14.7. The van der Waals surface area contributed by atoms with E-state index in [9.17, 15) is 33.6 Å². The number of alkyl carbamates (subject to hydrolysis) is 1. The molecule has 1 saturated heterocycles. The molecule has 14 nitrogen and oxygen atoms in total. The maximum Gasteiger partial charge on any atom is 0.407 e. The zero-order chi connectivity index (χ0) is 44.5. The van der Waals surface area contributed by atoms with Gasteiger partial charge >= 0.3 is 6.09 Å². The summed E-state index contributed by atoms with van der Waals surface area (Å²) in [6.07, 6.45) is 20.0. The molecule has 3 aliphatic rings. The van der Waals surface area contributed by atoms with Crippen molar-refractivity contribution in [2.45, 2.75) is 170 Å². The second kappa shape index (κ2) is 33.7. The van der Waals surface area contributed by atoms with Crippen LogP contribution in [0.3, 0.4) is 0 Å². The molecular weight excluding hydrogens is 741 g/mol. The molecule has 0 aromatic carbocycles. The van der Waals surface area contributed by atoms with Gasteiger partial charge in [-0.2, -0.15) is 0 Å². The minimum Gasteiger partial charge on any atom is -0.444 e. The minimum atomic E-state index is -1.01. The normalized spacial score (nSPS) is 18.8. The number of rotatable bonds is 14. The van der Waals surface area contributed by atoms with E-state index in [-0.39, 0.29) is 35.8 Å². The minimum absolute atomic E-state index is 0.0566. The van der Waals surface area contributed by atoms with E-state index in [1.54, 1.807) is 0 Å². The molecule has 58 heavy (non-hydrogen) atoms. The largest absolute Gasteiger partial charge is 0.444 e. The number of allylic oxidation sites excluding steroid dienone is 3. The van der Waals surface area contributed by atoms with Crippen LogP contribution in [-0.4, -0.2) is 97.2 Å². The average Bonchev–Trinajstić information content (AvgIpc) is 3.71. The summed E-state index contributed by atoms with van der Waals surface area (Å²) in [6.45, 7) is 19.8. The van der Waals surface area contributed by atoms with Crippen LogP contribution in [0, 0.1) is 11.8 Å². The predicted octanol–water partition coefficient (Wildman–Crippen LogP) is 6.28. The summed E-state index contributed by atoms with van der Waals surface area (Å²) in [5, 5.41) is 12.9. The maximum atomic E-state index is 12.5. The van der Waals surface area contributed by atoms with Crippen LogP contribution in [0.2, 0.25) is 0 Å². The molecule has 1 heterocycles. The molecule has 14 heteroatoms. The van der Waals surface area contributed by atoms with E-state index in [0.717, 1.165) is 32.2 Å². The standard InChI is InChI=1S/C24H35N5O6.C13H25NO2.C3H8.2C2H6/c1-16(30)29-12-8-11-19(29)23(34)26-14-20(31)24(35)27-15-22(33)28-18(13-21(32)25-2)17-9-6-4-3-5-7-10-17;1-4-13(2,3)16-12(15)14-10-11-8-6-5-7-9-11;1-3-2;2*1-2/h3-4,7,10,17-19H,5-6,8-9,11-15H2,1-2H3,(H,25,32)(H,26,34)(H,27,35)(H,28,33);11H,4-10H2,1-3H3,(H,14,15);3H2,1-2H3;2*1-2H3/b4-3-,10-7-;;;;. The summed E-state index contributed by atoms with van der Waals surface area (Å²) in [5.41, 5.74) is -0.351. The van der Waals surface area contributed by atoms with Gasteiger partial charge in [-0.05, 0) is 77.0 Å². The highest BCUT2D eigenvalue weighted by atomic mass is 16.6. The Morgan fingerprint density at radius 3 is 2.02 bits per heavy atom. The first-order valence-electron chi connectivity index (χ1n) is 21.8. The highest BCUT2D eigenvalue weighted by molar-refractivity contribution is 6.37. The fourth-order valence-electron chi connectivity index (χ4n) is 6.15. The predicted molar refractivity (Wildman–Crippen MR) is 232 cm³/mol. The topological polar surface area (TPSA) is 192 Å². The van der Waals surface area contributed by atoms with Crippen molar-refractivity contribution in [3.05, 3.63) is 24.3 Å². The maximum absolute atomic E-state index is 12.5. The summed E-state index contributed by atoms with van der Waals surface area (Å²) < 4.78 is 5.33. The Kier molecular flexibility index (Phi) is 32.5. The second-order valence-corrected chi connectivity index (χ2v) is 14.7. The van der Waals surface area contributed by atoms with Crippen LogP contribution in [0.1, 0.15) is 153 Å².